The first-order chi connectivity index (χ1) is 10.1. The highest BCUT2D eigenvalue weighted by molar-refractivity contribution is 7.71. The summed E-state index contributed by atoms with van der Waals surface area (Å²) in [5, 5.41) is 5.12. The Bertz CT molecular complexity index is 672. The van der Waals surface area contributed by atoms with Gasteiger partial charge in [-0.25, -0.2) is 4.68 Å². The summed E-state index contributed by atoms with van der Waals surface area (Å²) in [5.74, 6) is 0. The van der Waals surface area contributed by atoms with E-state index in [9.17, 15) is 0 Å². The van der Waals surface area contributed by atoms with Crippen LogP contribution in [0, 0.1) is 4.77 Å². The SMILES string of the molecule is Cn1cnn(CN2CCN(c3ccccc3Cl)CC2)c1=S. The van der Waals surface area contributed by atoms with E-state index in [1.165, 1.54) is 0 Å². The zero-order valence-electron chi connectivity index (χ0n) is 11.9. The van der Waals surface area contributed by atoms with Crippen molar-refractivity contribution in [3.05, 3.63) is 40.4 Å². The van der Waals surface area contributed by atoms with Crippen LogP contribution in [0.25, 0.3) is 0 Å². The predicted octanol–water partition coefficient (Wildman–Crippen LogP) is 2.38. The molecule has 0 aliphatic carbocycles. The van der Waals surface area contributed by atoms with Crippen LogP contribution in [0.5, 0.6) is 0 Å². The smallest absolute Gasteiger partial charge is 0.198 e. The third kappa shape index (κ3) is 3.12. The maximum Gasteiger partial charge on any atom is 0.198 e. The van der Waals surface area contributed by atoms with Crippen molar-refractivity contribution in [2.75, 3.05) is 31.1 Å². The van der Waals surface area contributed by atoms with Gasteiger partial charge < -0.3 is 9.47 Å². The number of para-hydroxylation sites is 1. The van der Waals surface area contributed by atoms with Crippen LogP contribution in [0.4, 0.5) is 5.69 Å². The van der Waals surface area contributed by atoms with Gasteiger partial charge in [0.25, 0.3) is 0 Å². The molecule has 1 aliphatic heterocycles. The number of rotatable bonds is 3. The van der Waals surface area contributed by atoms with E-state index in [1.807, 2.05) is 34.5 Å². The maximum atomic E-state index is 6.26. The van der Waals surface area contributed by atoms with Crippen LogP contribution in [0.3, 0.4) is 0 Å². The largest absolute Gasteiger partial charge is 0.368 e. The molecule has 0 saturated carbocycles. The number of halogens is 1. The lowest BCUT2D eigenvalue weighted by molar-refractivity contribution is 0.194. The van der Waals surface area contributed by atoms with Crippen molar-refractivity contribution in [2.45, 2.75) is 6.67 Å². The number of nitrogens with zero attached hydrogens (tertiary/aromatic N) is 5. The quantitative estimate of drug-likeness (QED) is 0.811. The van der Waals surface area contributed by atoms with Crippen LogP contribution in [0.2, 0.25) is 5.02 Å². The van der Waals surface area contributed by atoms with Gasteiger partial charge in [-0.1, -0.05) is 23.7 Å². The topological polar surface area (TPSA) is 29.2 Å². The first kappa shape index (κ1) is 14.6. The number of hydrogen-bond acceptors (Lipinski definition) is 4. The summed E-state index contributed by atoms with van der Waals surface area (Å²) in [6.07, 6.45) is 1.75. The number of benzene rings is 1. The van der Waals surface area contributed by atoms with Gasteiger partial charge in [-0.15, -0.1) is 0 Å². The lowest BCUT2D eigenvalue weighted by Crippen LogP contribution is -2.47. The normalized spacial score (nSPS) is 16.4. The molecule has 7 heteroatoms. The Kier molecular flexibility index (Phi) is 4.28. The number of hydrogen-bond donors (Lipinski definition) is 0. The van der Waals surface area contributed by atoms with Crippen molar-refractivity contribution >= 4 is 29.5 Å². The van der Waals surface area contributed by atoms with Crippen molar-refractivity contribution in [2.24, 2.45) is 7.05 Å². The Labute approximate surface area is 134 Å². The average Bonchev–Trinajstić information content (AvgIpc) is 2.81. The molecule has 0 spiro atoms. The second kappa shape index (κ2) is 6.17. The molecule has 1 fully saturated rings. The van der Waals surface area contributed by atoms with Gasteiger partial charge in [-0.2, -0.15) is 5.10 Å². The second-order valence-corrected chi connectivity index (χ2v) is 5.99. The molecule has 0 unspecified atom stereocenters. The third-order valence-electron chi connectivity index (χ3n) is 3.79. The molecule has 1 aromatic heterocycles. The number of aryl methyl sites for hydroxylation is 1. The monoisotopic (exact) mass is 323 g/mol. The van der Waals surface area contributed by atoms with Gasteiger partial charge in [0.1, 0.15) is 6.33 Å². The van der Waals surface area contributed by atoms with Gasteiger partial charge in [0.15, 0.2) is 4.77 Å². The fourth-order valence-corrected chi connectivity index (χ4v) is 2.95. The molecule has 1 aromatic carbocycles. The summed E-state index contributed by atoms with van der Waals surface area (Å²) in [4.78, 5) is 4.69. The van der Waals surface area contributed by atoms with Gasteiger partial charge >= 0.3 is 0 Å². The molecule has 0 radical (unpaired) electrons. The van der Waals surface area contributed by atoms with Gasteiger partial charge in [-0.3, -0.25) is 4.90 Å². The van der Waals surface area contributed by atoms with Crippen LogP contribution in [0.1, 0.15) is 0 Å². The Morgan fingerprint density at radius 1 is 1.19 bits per heavy atom. The van der Waals surface area contributed by atoms with E-state index in [2.05, 4.69) is 21.0 Å². The standard InChI is InChI=1S/C14H18ClN5S/c1-17-10-16-20(14(17)21)11-18-6-8-19(9-7-18)13-5-3-2-4-12(13)15/h2-5,10H,6-9,11H2,1H3. The molecule has 1 saturated heterocycles. The Morgan fingerprint density at radius 2 is 1.90 bits per heavy atom. The van der Waals surface area contributed by atoms with Crippen LogP contribution >= 0.6 is 23.8 Å². The van der Waals surface area contributed by atoms with E-state index in [4.69, 9.17) is 23.8 Å². The molecular formula is C14H18ClN5S. The van der Waals surface area contributed by atoms with E-state index in [1.54, 1.807) is 6.33 Å². The molecule has 3 rings (SSSR count). The van der Waals surface area contributed by atoms with E-state index in [0.717, 1.165) is 48.3 Å². The highest BCUT2D eigenvalue weighted by Crippen LogP contribution is 2.26. The zero-order chi connectivity index (χ0) is 14.8. The van der Waals surface area contributed by atoms with Crippen LogP contribution in [-0.2, 0) is 13.7 Å². The van der Waals surface area contributed by atoms with E-state index >= 15 is 0 Å². The van der Waals surface area contributed by atoms with E-state index in [-0.39, 0.29) is 0 Å². The lowest BCUT2D eigenvalue weighted by Gasteiger charge is -2.36. The molecule has 0 amide bonds. The third-order valence-corrected chi connectivity index (χ3v) is 4.60. The van der Waals surface area contributed by atoms with Gasteiger partial charge in [0.05, 0.1) is 17.4 Å². The number of piperazine rings is 1. The molecule has 2 aromatic rings. The summed E-state index contributed by atoms with van der Waals surface area (Å²) >= 11 is 11.6. The lowest BCUT2D eigenvalue weighted by atomic mass is 10.2. The number of anilines is 1. The number of aromatic nitrogens is 3. The average molecular weight is 324 g/mol. The highest BCUT2D eigenvalue weighted by Gasteiger charge is 2.19. The molecule has 0 bridgehead atoms. The first-order valence-electron chi connectivity index (χ1n) is 6.95. The fourth-order valence-electron chi connectivity index (χ4n) is 2.55. The minimum atomic E-state index is 0.746. The highest BCUT2D eigenvalue weighted by atomic mass is 35.5. The first-order valence-corrected chi connectivity index (χ1v) is 7.74. The van der Waals surface area contributed by atoms with Crippen molar-refractivity contribution in [3.8, 4) is 0 Å². The molecule has 112 valence electrons. The van der Waals surface area contributed by atoms with Crippen molar-refractivity contribution in [3.63, 3.8) is 0 Å². The molecule has 0 N–H and O–H groups in total. The zero-order valence-corrected chi connectivity index (χ0v) is 13.5. The van der Waals surface area contributed by atoms with Crippen molar-refractivity contribution in [1.82, 2.24) is 19.2 Å². The molecule has 21 heavy (non-hydrogen) atoms. The molecule has 5 nitrogen and oxygen atoms in total. The minimum absolute atomic E-state index is 0.746. The summed E-state index contributed by atoms with van der Waals surface area (Å²) in [7, 11) is 1.92. The summed E-state index contributed by atoms with van der Waals surface area (Å²) < 4.78 is 4.47. The van der Waals surface area contributed by atoms with E-state index in [0.29, 0.717) is 0 Å². The Balaban J connectivity index is 1.62. The Hall–Kier alpha value is -1.37. The van der Waals surface area contributed by atoms with E-state index < -0.39 is 0 Å². The molecule has 0 atom stereocenters. The molecular weight excluding hydrogens is 306 g/mol. The summed E-state index contributed by atoms with van der Waals surface area (Å²) in [6.45, 7) is 4.62. The maximum absolute atomic E-state index is 6.26. The predicted molar refractivity (Wildman–Crippen MR) is 87.3 cm³/mol. The summed E-state index contributed by atoms with van der Waals surface area (Å²) in [6, 6.07) is 8.01. The van der Waals surface area contributed by atoms with Gasteiger partial charge in [0, 0.05) is 33.2 Å². The van der Waals surface area contributed by atoms with Crippen LogP contribution in [-0.4, -0.2) is 45.4 Å². The van der Waals surface area contributed by atoms with Crippen LogP contribution < -0.4 is 4.90 Å². The fraction of sp³-hybridized carbons (Fsp3) is 0.429. The molecule has 1 aliphatic rings. The van der Waals surface area contributed by atoms with Crippen molar-refractivity contribution in [1.29, 1.82) is 0 Å². The second-order valence-electron chi connectivity index (χ2n) is 5.22. The Morgan fingerprint density at radius 3 is 2.52 bits per heavy atom. The van der Waals surface area contributed by atoms with Gasteiger partial charge in [-0.05, 0) is 24.4 Å². The van der Waals surface area contributed by atoms with Crippen LogP contribution in [0.15, 0.2) is 30.6 Å². The van der Waals surface area contributed by atoms with Gasteiger partial charge in [0.2, 0.25) is 0 Å². The van der Waals surface area contributed by atoms with Crippen molar-refractivity contribution < 1.29 is 0 Å². The summed E-state index contributed by atoms with van der Waals surface area (Å²) in [5.41, 5.74) is 1.12. The minimum Gasteiger partial charge on any atom is -0.368 e. The molecule has 2 heterocycles.